The first-order chi connectivity index (χ1) is 17.5. The first-order valence-corrected chi connectivity index (χ1v) is 12.4. The lowest BCUT2D eigenvalue weighted by Crippen LogP contribution is -2.49. The van der Waals surface area contributed by atoms with Crippen LogP contribution in [0.5, 0.6) is 0 Å². The van der Waals surface area contributed by atoms with Crippen molar-refractivity contribution in [3.8, 4) is 11.4 Å². The van der Waals surface area contributed by atoms with E-state index in [0.717, 1.165) is 50.6 Å². The standard InChI is InChI=1S/C28H25ClN6O/c1-18-5-3-7-20(15-18)25-31-32-26-23-10-9-22(29)17-24(23)30-28(35(25)26)34-13-11-33(12-14-34)27(36)21-8-4-6-19(2)16-21/h3-10,15-17H,11-14H2,1-2H3. The monoisotopic (exact) mass is 496 g/mol. The number of rotatable bonds is 3. The van der Waals surface area contributed by atoms with Gasteiger partial charge in [-0.2, -0.15) is 0 Å². The van der Waals surface area contributed by atoms with Gasteiger partial charge in [0.2, 0.25) is 5.95 Å². The van der Waals surface area contributed by atoms with Gasteiger partial charge in [-0.3, -0.25) is 4.79 Å². The zero-order valence-corrected chi connectivity index (χ0v) is 20.9. The van der Waals surface area contributed by atoms with E-state index >= 15 is 0 Å². The predicted molar refractivity (Wildman–Crippen MR) is 143 cm³/mol. The molecular weight excluding hydrogens is 472 g/mol. The molecular formula is C28H25ClN6O. The molecule has 0 radical (unpaired) electrons. The maximum atomic E-state index is 13.1. The first kappa shape index (κ1) is 22.5. The van der Waals surface area contributed by atoms with E-state index in [-0.39, 0.29) is 5.91 Å². The number of benzene rings is 3. The Morgan fingerprint density at radius 3 is 2.36 bits per heavy atom. The van der Waals surface area contributed by atoms with E-state index in [2.05, 4.69) is 34.2 Å². The highest BCUT2D eigenvalue weighted by Crippen LogP contribution is 2.30. The van der Waals surface area contributed by atoms with Gasteiger partial charge in [0, 0.05) is 47.7 Å². The average Bonchev–Trinajstić information content (AvgIpc) is 3.33. The van der Waals surface area contributed by atoms with Crippen LogP contribution in [-0.2, 0) is 0 Å². The number of anilines is 1. The van der Waals surface area contributed by atoms with Gasteiger partial charge in [-0.15, -0.1) is 10.2 Å². The summed E-state index contributed by atoms with van der Waals surface area (Å²) in [5.74, 6) is 1.56. The van der Waals surface area contributed by atoms with Gasteiger partial charge in [-0.25, -0.2) is 9.38 Å². The fraction of sp³-hybridized carbons (Fsp3) is 0.214. The zero-order valence-electron chi connectivity index (χ0n) is 20.1. The van der Waals surface area contributed by atoms with Crippen molar-refractivity contribution in [3.05, 3.63) is 88.4 Å². The van der Waals surface area contributed by atoms with Crippen LogP contribution in [0.4, 0.5) is 5.95 Å². The van der Waals surface area contributed by atoms with E-state index in [4.69, 9.17) is 16.6 Å². The number of aryl methyl sites for hydroxylation is 2. The zero-order chi connectivity index (χ0) is 24.8. The number of aromatic nitrogens is 4. The Morgan fingerprint density at radius 1 is 0.861 bits per heavy atom. The molecule has 1 fully saturated rings. The Balaban J connectivity index is 1.40. The maximum absolute atomic E-state index is 13.1. The molecule has 0 atom stereocenters. The van der Waals surface area contributed by atoms with Crippen LogP contribution in [0, 0.1) is 13.8 Å². The van der Waals surface area contributed by atoms with Crippen molar-refractivity contribution >= 4 is 40.0 Å². The topological polar surface area (TPSA) is 66.6 Å². The van der Waals surface area contributed by atoms with Crippen LogP contribution in [-0.4, -0.2) is 56.6 Å². The van der Waals surface area contributed by atoms with E-state index in [1.807, 2.05) is 70.8 Å². The van der Waals surface area contributed by atoms with Crippen LogP contribution in [0.15, 0.2) is 66.7 Å². The molecule has 3 heterocycles. The van der Waals surface area contributed by atoms with Gasteiger partial charge >= 0.3 is 0 Å². The lowest BCUT2D eigenvalue weighted by atomic mass is 10.1. The van der Waals surface area contributed by atoms with Crippen molar-refractivity contribution in [1.82, 2.24) is 24.5 Å². The lowest BCUT2D eigenvalue weighted by molar-refractivity contribution is 0.0746. The molecule has 3 aromatic carbocycles. The molecule has 2 aromatic heterocycles. The number of fused-ring (bicyclic) bond motifs is 3. The number of carbonyl (C=O) groups is 1. The van der Waals surface area contributed by atoms with Crippen molar-refractivity contribution in [2.45, 2.75) is 13.8 Å². The van der Waals surface area contributed by atoms with E-state index in [0.29, 0.717) is 31.2 Å². The molecule has 0 spiro atoms. The molecule has 0 N–H and O–H groups in total. The summed E-state index contributed by atoms with van der Waals surface area (Å²) >= 11 is 6.31. The van der Waals surface area contributed by atoms with Gasteiger partial charge in [0.1, 0.15) is 0 Å². The van der Waals surface area contributed by atoms with E-state index < -0.39 is 0 Å². The summed E-state index contributed by atoms with van der Waals surface area (Å²) in [6.07, 6.45) is 0. The summed E-state index contributed by atoms with van der Waals surface area (Å²) < 4.78 is 2.03. The van der Waals surface area contributed by atoms with Crippen molar-refractivity contribution in [3.63, 3.8) is 0 Å². The molecule has 7 nitrogen and oxygen atoms in total. The first-order valence-electron chi connectivity index (χ1n) is 12.0. The van der Waals surface area contributed by atoms with Crippen molar-refractivity contribution < 1.29 is 4.79 Å². The minimum Gasteiger partial charge on any atom is -0.338 e. The summed E-state index contributed by atoms with van der Waals surface area (Å²) in [6, 6.07) is 21.6. The average molecular weight is 497 g/mol. The summed E-state index contributed by atoms with van der Waals surface area (Å²) in [6.45, 7) is 6.57. The van der Waals surface area contributed by atoms with E-state index in [1.54, 1.807) is 0 Å². The second kappa shape index (κ2) is 8.91. The number of hydrogen-bond donors (Lipinski definition) is 0. The normalized spacial score (nSPS) is 14.1. The van der Waals surface area contributed by atoms with E-state index in [9.17, 15) is 4.79 Å². The lowest BCUT2D eigenvalue weighted by Gasteiger charge is -2.35. The molecule has 1 aliphatic heterocycles. The summed E-state index contributed by atoms with van der Waals surface area (Å²) in [5.41, 5.74) is 5.44. The van der Waals surface area contributed by atoms with Crippen molar-refractivity contribution in [2.24, 2.45) is 0 Å². The highest BCUT2D eigenvalue weighted by Gasteiger charge is 2.26. The molecule has 0 saturated carbocycles. The van der Waals surface area contributed by atoms with Gasteiger partial charge in [-0.05, 0) is 50.2 Å². The molecule has 1 amide bonds. The molecule has 0 bridgehead atoms. The molecule has 0 aliphatic carbocycles. The summed E-state index contributed by atoms with van der Waals surface area (Å²) in [4.78, 5) is 22.2. The Hall–Kier alpha value is -3.97. The molecule has 5 aromatic rings. The smallest absolute Gasteiger partial charge is 0.253 e. The van der Waals surface area contributed by atoms with E-state index in [1.165, 1.54) is 0 Å². The largest absolute Gasteiger partial charge is 0.338 e. The van der Waals surface area contributed by atoms with Gasteiger partial charge in [0.25, 0.3) is 5.91 Å². The number of carbonyl (C=O) groups excluding carboxylic acids is 1. The summed E-state index contributed by atoms with van der Waals surface area (Å²) in [7, 11) is 0. The quantitative estimate of drug-likeness (QED) is 0.344. The molecule has 180 valence electrons. The minimum atomic E-state index is 0.0616. The number of nitrogens with zero attached hydrogens (tertiary/aromatic N) is 6. The Kier molecular flexibility index (Phi) is 5.57. The van der Waals surface area contributed by atoms with Crippen LogP contribution in [0.25, 0.3) is 27.9 Å². The van der Waals surface area contributed by atoms with Crippen LogP contribution in [0.2, 0.25) is 5.02 Å². The highest BCUT2D eigenvalue weighted by molar-refractivity contribution is 6.31. The highest BCUT2D eigenvalue weighted by atomic mass is 35.5. The minimum absolute atomic E-state index is 0.0616. The second-order valence-corrected chi connectivity index (χ2v) is 9.71. The number of hydrogen-bond acceptors (Lipinski definition) is 5. The van der Waals surface area contributed by atoms with Crippen molar-refractivity contribution in [2.75, 3.05) is 31.1 Å². The third-order valence-electron chi connectivity index (χ3n) is 6.68. The van der Waals surface area contributed by atoms with Crippen LogP contribution < -0.4 is 4.90 Å². The Labute approximate surface area is 214 Å². The van der Waals surface area contributed by atoms with Gasteiger partial charge < -0.3 is 9.80 Å². The second-order valence-electron chi connectivity index (χ2n) is 9.27. The van der Waals surface area contributed by atoms with Crippen LogP contribution >= 0.6 is 11.6 Å². The molecule has 0 unspecified atom stereocenters. The molecule has 1 saturated heterocycles. The molecule has 8 heteroatoms. The van der Waals surface area contributed by atoms with Gasteiger partial charge in [0.15, 0.2) is 11.5 Å². The van der Waals surface area contributed by atoms with Gasteiger partial charge in [-0.1, -0.05) is 53.1 Å². The van der Waals surface area contributed by atoms with Crippen LogP contribution in [0.3, 0.4) is 0 Å². The molecule has 6 rings (SSSR count). The maximum Gasteiger partial charge on any atom is 0.253 e. The number of halogens is 1. The molecule has 36 heavy (non-hydrogen) atoms. The molecule has 1 aliphatic rings. The Morgan fingerprint density at radius 2 is 1.61 bits per heavy atom. The number of amides is 1. The Bertz CT molecular complexity index is 1620. The predicted octanol–water partition coefficient (Wildman–Crippen LogP) is 5.18. The fourth-order valence-electron chi connectivity index (χ4n) is 4.85. The van der Waals surface area contributed by atoms with Crippen molar-refractivity contribution in [1.29, 1.82) is 0 Å². The third-order valence-corrected chi connectivity index (χ3v) is 6.91. The number of piperazine rings is 1. The third kappa shape index (κ3) is 3.95. The summed E-state index contributed by atoms with van der Waals surface area (Å²) in [5, 5.41) is 10.7. The van der Waals surface area contributed by atoms with Crippen LogP contribution in [0.1, 0.15) is 21.5 Å². The SMILES string of the molecule is Cc1cccc(C(=O)N2CCN(c3nc4cc(Cl)ccc4c4nnc(-c5cccc(C)c5)n34)CC2)c1. The fourth-order valence-corrected chi connectivity index (χ4v) is 5.01. The van der Waals surface area contributed by atoms with Gasteiger partial charge in [0.05, 0.1) is 5.52 Å².